The first-order valence-corrected chi connectivity index (χ1v) is 6.96. The Labute approximate surface area is 114 Å². The van der Waals surface area contributed by atoms with Crippen molar-refractivity contribution in [2.24, 2.45) is 0 Å². The van der Waals surface area contributed by atoms with Gasteiger partial charge in [-0.3, -0.25) is 9.69 Å². The third kappa shape index (κ3) is 3.90. The maximum absolute atomic E-state index is 12.4. The Hall–Kier alpha value is -1.15. The number of amides is 1. The van der Waals surface area contributed by atoms with Crippen LogP contribution in [0.15, 0.2) is 0 Å². The number of aromatic nitrogens is 2. The van der Waals surface area contributed by atoms with Crippen LogP contribution in [0.25, 0.3) is 0 Å². The van der Waals surface area contributed by atoms with Gasteiger partial charge in [-0.05, 0) is 6.42 Å². The summed E-state index contributed by atoms with van der Waals surface area (Å²) in [6, 6.07) is 0. The fourth-order valence-electron chi connectivity index (χ4n) is 2.05. The average Bonchev–Trinajstić information content (AvgIpc) is 2.68. The molecule has 0 unspecified atom stereocenters. The lowest BCUT2D eigenvalue weighted by molar-refractivity contribution is -0.128. The van der Waals surface area contributed by atoms with Gasteiger partial charge in [0.2, 0.25) is 5.91 Å². The molecular formula is C11H16F2N4OS. The smallest absolute Gasteiger partial charge is 0.291 e. The standard InChI is InChI=1S/C11H16F2N4OS/c1-8(18)17-4-2-3-16(5-6-17)7-9-14-15-11(19-9)10(12)13/h10H,2-7H2,1H3. The second-order valence-electron chi connectivity index (χ2n) is 4.47. The molecule has 0 bridgehead atoms. The Balaban J connectivity index is 1.90. The lowest BCUT2D eigenvalue weighted by Gasteiger charge is -2.19. The highest BCUT2D eigenvalue weighted by Crippen LogP contribution is 2.23. The zero-order valence-corrected chi connectivity index (χ0v) is 11.5. The predicted molar refractivity (Wildman–Crippen MR) is 67.0 cm³/mol. The number of carbonyl (C=O) groups is 1. The summed E-state index contributed by atoms with van der Waals surface area (Å²) in [6.07, 6.45) is -1.66. The van der Waals surface area contributed by atoms with E-state index in [4.69, 9.17) is 0 Å². The molecule has 0 aliphatic carbocycles. The van der Waals surface area contributed by atoms with Crippen molar-refractivity contribution in [2.45, 2.75) is 26.3 Å². The van der Waals surface area contributed by atoms with Gasteiger partial charge in [0.05, 0.1) is 6.54 Å². The minimum absolute atomic E-state index is 0.0813. The Morgan fingerprint density at radius 2 is 2.11 bits per heavy atom. The predicted octanol–water partition coefficient (Wildman–Crippen LogP) is 1.53. The van der Waals surface area contributed by atoms with Crippen LogP contribution in [0, 0.1) is 0 Å². The first kappa shape index (κ1) is 14.3. The maximum Gasteiger partial charge on any atom is 0.291 e. The van der Waals surface area contributed by atoms with Crippen molar-refractivity contribution in [2.75, 3.05) is 26.2 Å². The summed E-state index contributed by atoms with van der Waals surface area (Å²) >= 11 is 0.954. The Morgan fingerprint density at radius 3 is 2.74 bits per heavy atom. The SMILES string of the molecule is CC(=O)N1CCCN(Cc2nnc(C(F)F)s2)CC1. The quantitative estimate of drug-likeness (QED) is 0.847. The van der Waals surface area contributed by atoms with E-state index in [9.17, 15) is 13.6 Å². The van der Waals surface area contributed by atoms with Crippen molar-refractivity contribution < 1.29 is 13.6 Å². The third-order valence-corrected chi connectivity index (χ3v) is 3.98. The molecule has 0 aromatic carbocycles. The largest absolute Gasteiger partial charge is 0.342 e. The van der Waals surface area contributed by atoms with Crippen LogP contribution >= 0.6 is 11.3 Å². The summed E-state index contributed by atoms with van der Waals surface area (Å²) in [7, 11) is 0. The molecular weight excluding hydrogens is 274 g/mol. The zero-order valence-electron chi connectivity index (χ0n) is 10.7. The maximum atomic E-state index is 12.4. The first-order valence-electron chi connectivity index (χ1n) is 6.14. The van der Waals surface area contributed by atoms with Gasteiger partial charge >= 0.3 is 0 Å². The van der Waals surface area contributed by atoms with Gasteiger partial charge in [-0.15, -0.1) is 10.2 Å². The molecule has 106 valence electrons. The van der Waals surface area contributed by atoms with Crippen molar-refractivity contribution >= 4 is 17.2 Å². The average molecular weight is 290 g/mol. The van der Waals surface area contributed by atoms with Crippen molar-refractivity contribution in [3.05, 3.63) is 10.0 Å². The highest BCUT2D eigenvalue weighted by atomic mass is 32.1. The highest BCUT2D eigenvalue weighted by Gasteiger charge is 2.19. The molecule has 8 heteroatoms. The van der Waals surface area contributed by atoms with Gasteiger partial charge in [-0.1, -0.05) is 11.3 Å². The number of alkyl halides is 2. The molecule has 1 amide bonds. The van der Waals surface area contributed by atoms with Crippen LogP contribution in [0.4, 0.5) is 8.78 Å². The monoisotopic (exact) mass is 290 g/mol. The van der Waals surface area contributed by atoms with Crippen molar-refractivity contribution in [1.82, 2.24) is 20.0 Å². The van der Waals surface area contributed by atoms with Crippen LogP contribution in [-0.2, 0) is 11.3 Å². The van der Waals surface area contributed by atoms with Crippen LogP contribution in [0.2, 0.25) is 0 Å². The lowest BCUT2D eigenvalue weighted by atomic mass is 10.4. The summed E-state index contributed by atoms with van der Waals surface area (Å²) < 4.78 is 24.8. The summed E-state index contributed by atoms with van der Waals surface area (Å²) in [4.78, 5) is 15.2. The second kappa shape index (κ2) is 6.33. The first-order chi connectivity index (χ1) is 9.06. The molecule has 0 radical (unpaired) electrons. The van der Waals surface area contributed by atoms with Crippen molar-refractivity contribution in [1.29, 1.82) is 0 Å². The van der Waals surface area contributed by atoms with E-state index in [-0.39, 0.29) is 10.9 Å². The molecule has 5 nitrogen and oxygen atoms in total. The van der Waals surface area contributed by atoms with E-state index < -0.39 is 6.43 Å². The Bertz CT molecular complexity index is 440. The molecule has 0 spiro atoms. The summed E-state index contributed by atoms with van der Waals surface area (Å²) in [5, 5.41) is 7.63. The topological polar surface area (TPSA) is 49.3 Å². The zero-order chi connectivity index (χ0) is 13.8. The van der Waals surface area contributed by atoms with Gasteiger partial charge in [-0.2, -0.15) is 0 Å². The number of halogens is 2. The minimum atomic E-state index is -2.55. The highest BCUT2D eigenvalue weighted by molar-refractivity contribution is 7.11. The molecule has 1 fully saturated rings. The number of carbonyl (C=O) groups excluding carboxylic acids is 1. The van der Waals surface area contributed by atoms with E-state index in [1.807, 2.05) is 4.90 Å². The van der Waals surface area contributed by atoms with Gasteiger partial charge < -0.3 is 4.90 Å². The summed E-state index contributed by atoms with van der Waals surface area (Å²) in [5.74, 6) is 0.0813. The van der Waals surface area contributed by atoms with Gasteiger partial charge in [0.15, 0.2) is 5.01 Å². The van der Waals surface area contributed by atoms with E-state index in [1.165, 1.54) is 0 Å². The molecule has 1 saturated heterocycles. The van der Waals surface area contributed by atoms with Crippen LogP contribution in [0.5, 0.6) is 0 Å². The molecule has 1 aliphatic heterocycles. The van der Waals surface area contributed by atoms with Gasteiger partial charge in [0.1, 0.15) is 5.01 Å². The summed E-state index contributed by atoms with van der Waals surface area (Å²) in [6.45, 7) is 5.10. The minimum Gasteiger partial charge on any atom is -0.342 e. The number of rotatable bonds is 3. The second-order valence-corrected chi connectivity index (χ2v) is 5.56. The molecule has 19 heavy (non-hydrogen) atoms. The molecule has 0 N–H and O–H groups in total. The van der Waals surface area contributed by atoms with Crippen molar-refractivity contribution in [3.63, 3.8) is 0 Å². The van der Waals surface area contributed by atoms with Crippen LogP contribution < -0.4 is 0 Å². The van der Waals surface area contributed by atoms with E-state index in [0.29, 0.717) is 18.1 Å². The third-order valence-electron chi connectivity index (χ3n) is 3.06. The molecule has 1 aliphatic rings. The fraction of sp³-hybridized carbons (Fsp3) is 0.727. The van der Waals surface area contributed by atoms with E-state index >= 15 is 0 Å². The normalized spacial score (nSPS) is 17.8. The van der Waals surface area contributed by atoms with Gasteiger partial charge in [0, 0.05) is 33.1 Å². The number of nitrogens with zero attached hydrogens (tertiary/aromatic N) is 4. The van der Waals surface area contributed by atoms with Crippen LogP contribution in [0.1, 0.15) is 29.8 Å². The van der Waals surface area contributed by atoms with E-state index in [2.05, 4.69) is 15.1 Å². The lowest BCUT2D eigenvalue weighted by Crippen LogP contribution is -2.33. The number of hydrogen-bond donors (Lipinski definition) is 0. The van der Waals surface area contributed by atoms with Crippen LogP contribution in [0.3, 0.4) is 0 Å². The summed E-state index contributed by atoms with van der Waals surface area (Å²) in [5.41, 5.74) is 0. The van der Waals surface area contributed by atoms with Crippen LogP contribution in [-0.4, -0.2) is 52.1 Å². The molecule has 0 atom stereocenters. The van der Waals surface area contributed by atoms with Gasteiger partial charge in [0.25, 0.3) is 6.43 Å². The number of hydrogen-bond acceptors (Lipinski definition) is 5. The van der Waals surface area contributed by atoms with Gasteiger partial charge in [-0.25, -0.2) is 8.78 Å². The van der Waals surface area contributed by atoms with E-state index in [0.717, 1.165) is 37.4 Å². The Kier molecular flexibility index (Phi) is 4.76. The molecule has 0 saturated carbocycles. The van der Waals surface area contributed by atoms with Crippen molar-refractivity contribution in [3.8, 4) is 0 Å². The fourth-order valence-corrected chi connectivity index (χ4v) is 2.79. The Morgan fingerprint density at radius 1 is 1.32 bits per heavy atom. The van der Waals surface area contributed by atoms with E-state index in [1.54, 1.807) is 6.92 Å². The molecule has 2 rings (SSSR count). The molecule has 1 aromatic heterocycles. The molecule has 2 heterocycles. The molecule has 1 aromatic rings.